The summed E-state index contributed by atoms with van der Waals surface area (Å²) in [6, 6.07) is 13.1. The number of carbonyl (C=O) groups excluding carboxylic acids is 8. The standard InChI is InChI=1S/C76H102N8O20/c1-50(2)72(81-70(87)17-22-95-24-26-97-28-30-99-32-34-101-36-37-102-35-33-100-31-29-98-27-25-96-23-18-77-69(86)16-19-82-71(88)39-52(4)74(82)90)64(85)38-51(3)73(89)80-57-14-12-54(13-15-57)56-41-59-47-79-63-45-68(66(94-6)43-61(63)76(92)84(59)49-56)104-21-9-7-8-20-103-67-44-62-60(42-65(67)93-5)75(91)83-48-55(53-10-11-53)40-58(83)46-78-62/h12-15,42-53,58-59,72H,7-11,16-41H2,1-6H3,(H,77,86)(H,80,89)(H,81,87)/t51-,52?,58+,59+,72?/m1/s1. The summed E-state index contributed by atoms with van der Waals surface area (Å²) < 4.78 is 67.9. The van der Waals surface area contributed by atoms with E-state index in [4.69, 9.17) is 66.8 Å². The van der Waals surface area contributed by atoms with E-state index in [1.165, 1.54) is 25.5 Å². The molecule has 5 heterocycles. The van der Waals surface area contributed by atoms with Gasteiger partial charge in [0, 0.05) is 99.7 Å². The minimum Gasteiger partial charge on any atom is -0.493 e. The average molecular weight is 1450 g/mol. The first-order chi connectivity index (χ1) is 50.5. The van der Waals surface area contributed by atoms with Crippen molar-refractivity contribution in [3.05, 3.63) is 83.2 Å². The molecule has 104 heavy (non-hydrogen) atoms. The van der Waals surface area contributed by atoms with Gasteiger partial charge in [0.1, 0.15) is 0 Å². The summed E-state index contributed by atoms with van der Waals surface area (Å²) in [6.07, 6.45) is 13.7. The molecule has 28 heteroatoms. The van der Waals surface area contributed by atoms with E-state index in [1.54, 1.807) is 73.4 Å². The third-order valence-electron chi connectivity index (χ3n) is 18.3. The number of amides is 7. The van der Waals surface area contributed by atoms with Gasteiger partial charge >= 0.3 is 0 Å². The predicted molar refractivity (Wildman–Crippen MR) is 385 cm³/mol. The third kappa shape index (κ3) is 23.8. The number of benzene rings is 3. The largest absolute Gasteiger partial charge is 0.493 e. The molecule has 3 N–H and O–H groups in total. The molecule has 0 radical (unpaired) electrons. The smallest absolute Gasteiger partial charge is 0.260 e. The highest BCUT2D eigenvalue weighted by molar-refractivity contribution is 6.07. The maximum absolute atomic E-state index is 14.1. The Morgan fingerprint density at radius 2 is 1.06 bits per heavy atom. The van der Waals surface area contributed by atoms with Crippen molar-refractivity contribution in [2.45, 2.75) is 116 Å². The topological polar surface area (TPSA) is 318 Å². The van der Waals surface area contributed by atoms with Gasteiger partial charge in [-0.15, -0.1) is 0 Å². The van der Waals surface area contributed by atoms with E-state index in [1.807, 2.05) is 44.6 Å². The molecule has 5 atom stereocenters. The van der Waals surface area contributed by atoms with Gasteiger partial charge in [-0.1, -0.05) is 39.8 Å². The molecule has 0 aromatic heterocycles. The summed E-state index contributed by atoms with van der Waals surface area (Å²) in [5, 5.41) is 8.46. The summed E-state index contributed by atoms with van der Waals surface area (Å²) in [6.45, 7) is 14.1. The number of hydrogen-bond acceptors (Lipinski definition) is 22. The van der Waals surface area contributed by atoms with Crippen molar-refractivity contribution < 1.29 is 95.2 Å². The molecule has 1 saturated heterocycles. The van der Waals surface area contributed by atoms with Crippen LogP contribution in [0, 0.1) is 23.7 Å². The number of ketones is 1. The van der Waals surface area contributed by atoms with Gasteiger partial charge in [0.05, 0.1) is 174 Å². The number of Topliss-reactive ketones (excluding diaryl/α,β-unsaturated/α-hetero) is 1. The van der Waals surface area contributed by atoms with Crippen LogP contribution >= 0.6 is 0 Å². The zero-order valence-corrected chi connectivity index (χ0v) is 60.8. The molecule has 9 rings (SSSR count). The molecule has 28 nitrogen and oxygen atoms in total. The van der Waals surface area contributed by atoms with Crippen LogP contribution in [0.2, 0.25) is 0 Å². The fraction of sp³-hybridized carbons (Fsp3) is 0.579. The lowest BCUT2D eigenvalue weighted by atomic mass is 9.92. The van der Waals surface area contributed by atoms with Crippen molar-refractivity contribution >= 4 is 82.2 Å². The first-order valence-electron chi connectivity index (χ1n) is 36.3. The highest BCUT2D eigenvalue weighted by atomic mass is 16.6. The fourth-order valence-corrected chi connectivity index (χ4v) is 12.3. The summed E-state index contributed by atoms with van der Waals surface area (Å²) in [7, 11) is 3.10. The Bertz CT molecular complexity index is 3540. The summed E-state index contributed by atoms with van der Waals surface area (Å²) >= 11 is 0. The summed E-state index contributed by atoms with van der Waals surface area (Å²) in [5.41, 5.74) is 5.58. The highest BCUT2D eigenvalue weighted by Crippen LogP contribution is 2.45. The minimum atomic E-state index is -0.784. The molecule has 3 aromatic carbocycles. The number of hydrogen-bond donors (Lipinski definition) is 3. The first-order valence-corrected chi connectivity index (χ1v) is 36.3. The number of ether oxygens (including phenoxy) is 12. The maximum Gasteiger partial charge on any atom is 0.260 e. The minimum absolute atomic E-state index is 0.0452. The number of carbonyl (C=O) groups is 8. The average Bonchev–Trinajstić information content (AvgIpc) is 1.61. The number of fused-ring (bicyclic) bond motifs is 4. The van der Waals surface area contributed by atoms with Crippen LogP contribution in [0.4, 0.5) is 17.1 Å². The second kappa shape index (κ2) is 41.3. The number of rotatable bonds is 49. The second-order valence-electron chi connectivity index (χ2n) is 26.6. The monoisotopic (exact) mass is 1450 g/mol. The van der Waals surface area contributed by atoms with Crippen molar-refractivity contribution in [3.8, 4) is 23.0 Å². The van der Waals surface area contributed by atoms with E-state index in [2.05, 4.69) is 16.0 Å². The van der Waals surface area contributed by atoms with Crippen molar-refractivity contribution in [2.75, 3.05) is 152 Å². The van der Waals surface area contributed by atoms with E-state index in [0.29, 0.717) is 176 Å². The Morgan fingerprint density at radius 1 is 0.558 bits per heavy atom. The van der Waals surface area contributed by atoms with Gasteiger partial charge in [-0.25, -0.2) is 0 Å². The third-order valence-corrected chi connectivity index (χ3v) is 18.3. The molecule has 2 fully saturated rings. The first kappa shape index (κ1) is 79.6. The molecular formula is C76H102N8O20. The molecule has 6 aliphatic rings. The van der Waals surface area contributed by atoms with Crippen molar-refractivity contribution in [3.63, 3.8) is 0 Å². The number of imide groups is 1. The molecule has 0 spiro atoms. The Kier molecular flexibility index (Phi) is 31.6. The molecule has 5 aliphatic heterocycles. The Hall–Kier alpha value is -8.48. The number of methoxy groups -OCH3 is 2. The van der Waals surface area contributed by atoms with Gasteiger partial charge in [-0.2, -0.15) is 0 Å². The second-order valence-corrected chi connectivity index (χ2v) is 26.6. The molecular weight excluding hydrogens is 1340 g/mol. The molecule has 0 bridgehead atoms. The van der Waals surface area contributed by atoms with E-state index >= 15 is 0 Å². The number of unbranched alkanes of at least 4 members (excludes halogenated alkanes) is 2. The van der Waals surface area contributed by atoms with E-state index in [9.17, 15) is 38.4 Å². The molecule has 1 saturated carbocycles. The molecule has 2 unspecified atom stereocenters. The van der Waals surface area contributed by atoms with Crippen molar-refractivity contribution in [2.24, 2.45) is 33.7 Å². The van der Waals surface area contributed by atoms with Crippen LogP contribution in [-0.2, 0) is 66.7 Å². The van der Waals surface area contributed by atoms with E-state index in [0.717, 1.165) is 41.7 Å². The molecule has 1 aliphatic carbocycles. The SMILES string of the molecule is COc1cc2c(cc1OCCCCCOc1cc3c(cc1OC)C(=O)N1C=C(C4CC4)C[C@H]1C=N3)N=C[C@@H]1CC(c3ccc(NC(=O)[C@H](C)CC(=O)C(NC(=O)CCOCCOCCOCCOCCOCCOCCOCCOCCNC(=O)CCN4C(=O)CC(C)C4=O)C(C)C)cc3)=CN1C2=O. The molecule has 3 aromatic rings. The van der Waals surface area contributed by atoms with Crippen molar-refractivity contribution in [1.82, 2.24) is 25.3 Å². The van der Waals surface area contributed by atoms with E-state index < -0.39 is 12.0 Å². The quantitative estimate of drug-likeness (QED) is 0.0361. The molecule has 7 amide bonds. The van der Waals surface area contributed by atoms with Crippen molar-refractivity contribution in [1.29, 1.82) is 0 Å². The number of aliphatic imine (C=N–C) groups is 2. The van der Waals surface area contributed by atoms with Gasteiger partial charge in [-0.3, -0.25) is 53.2 Å². The zero-order chi connectivity index (χ0) is 73.7. The van der Waals surface area contributed by atoms with Gasteiger partial charge in [-0.05, 0) is 91.3 Å². The van der Waals surface area contributed by atoms with Crippen LogP contribution in [0.25, 0.3) is 5.57 Å². The van der Waals surface area contributed by atoms with Gasteiger partial charge in [0.25, 0.3) is 11.8 Å². The van der Waals surface area contributed by atoms with Crippen LogP contribution in [0.1, 0.15) is 125 Å². The lowest BCUT2D eigenvalue weighted by Crippen LogP contribution is -2.45. The Labute approximate surface area is 608 Å². The Balaban J connectivity index is 0.561. The zero-order valence-electron chi connectivity index (χ0n) is 60.8. The highest BCUT2D eigenvalue weighted by Gasteiger charge is 2.39. The molecule has 566 valence electrons. The van der Waals surface area contributed by atoms with E-state index in [-0.39, 0.29) is 116 Å². The van der Waals surface area contributed by atoms with Crippen LogP contribution in [0.3, 0.4) is 0 Å². The lowest BCUT2D eigenvalue weighted by molar-refractivity contribution is -0.139. The summed E-state index contributed by atoms with van der Waals surface area (Å²) in [5.74, 6) is -0.666. The number of anilines is 1. The van der Waals surface area contributed by atoms with Crippen LogP contribution in [-0.4, -0.2) is 239 Å². The Morgan fingerprint density at radius 3 is 1.55 bits per heavy atom. The van der Waals surface area contributed by atoms with Gasteiger partial charge < -0.3 is 82.6 Å². The maximum atomic E-state index is 14.1. The predicted octanol–water partition coefficient (Wildman–Crippen LogP) is 7.63. The van der Waals surface area contributed by atoms with Gasteiger partial charge in [0.2, 0.25) is 29.5 Å². The van der Waals surface area contributed by atoms with Crippen LogP contribution < -0.4 is 34.9 Å². The number of likely N-dealkylation sites (tertiary alicyclic amines) is 1. The van der Waals surface area contributed by atoms with Crippen LogP contribution in [0.15, 0.2) is 76.5 Å². The van der Waals surface area contributed by atoms with Crippen LogP contribution in [0.5, 0.6) is 23.0 Å². The normalized spacial score (nSPS) is 18.0. The fourth-order valence-electron chi connectivity index (χ4n) is 12.3. The number of nitrogens with zero attached hydrogens (tertiary/aromatic N) is 5. The summed E-state index contributed by atoms with van der Waals surface area (Å²) in [4.78, 5) is 117. The lowest BCUT2D eigenvalue weighted by Gasteiger charge is -2.23. The van der Waals surface area contributed by atoms with Gasteiger partial charge in [0.15, 0.2) is 28.8 Å². The number of nitrogens with one attached hydrogen (secondary N) is 3.